The van der Waals surface area contributed by atoms with E-state index in [1.54, 1.807) is 6.08 Å². The van der Waals surface area contributed by atoms with Gasteiger partial charge in [-0.05, 0) is 18.2 Å². The molecule has 0 radical (unpaired) electrons. The van der Waals surface area contributed by atoms with Gasteiger partial charge in [0, 0.05) is 0 Å². The Morgan fingerprint density at radius 3 is 3.08 bits per heavy atom. The minimum Gasteiger partial charge on any atom is -0.298 e. The minimum atomic E-state index is -0.0469. The highest BCUT2D eigenvalue weighted by atomic mass is 127. The van der Waals surface area contributed by atoms with Gasteiger partial charge in [-0.25, -0.2) is 0 Å². The summed E-state index contributed by atoms with van der Waals surface area (Å²) in [5.41, 5.74) is 1.55. The first-order chi connectivity index (χ1) is 6.26. The molecule has 0 saturated heterocycles. The van der Waals surface area contributed by atoms with Gasteiger partial charge in [0.1, 0.15) is 0 Å². The van der Waals surface area contributed by atoms with Crippen LogP contribution in [0.5, 0.6) is 0 Å². The van der Waals surface area contributed by atoms with Crippen LogP contribution in [0.3, 0.4) is 0 Å². The number of nitrogens with zero attached hydrogens (tertiary/aromatic N) is 1. The molecule has 0 aliphatic carbocycles. The topological polar surface area (TPSA) is 42.0 Å². The first-order valence-electron chi connectivity index (χ1n) is 3.74. The highest BCUT2D eigenvalue weighted by Crippen LogP contribution is 2.01. The van der Waals surface area contributed by atoms with E-state index >= 15 is 0 Å². The first-order valence-corrected chi connectivity index (χ1v) is 4.82. The Labute approximate surface area is 90.8 Å². The van der Waals surface area contributed by atoms with Crippen LogP contribution in [0.1, 0.15) is 11.4 Å². The van der Waals surface area contributed by atoms with Crippen molar-refractivity contribution in [3.05, 3.63) is 36.2 Å². The molecule has 1 aromatic heterocycles. The number of carbonyl (C=O) groups is 1. The summed E-state index contributed by atoms with van der Waals surface area (Å²) in [5.74, 6) is -0.0469. The monoisotopic (exact) mass is 288 g/mol. The molecule has 4 heteroatoms. The zero-order chi connectivity index (χ0) is 9.68. The van der Waals surface area contributed by atoms with Crippen LogP contribution in [-0.4, -0.2) is 10.9 Å². The Bertz CT molecular complexity index is 325. The Kier molecular flexibility index (Phi) is 3.88. The van der Waals surface area contributed by atoms with Crippen LogP contribution in [0.15, 0.2) is 24.8 Å². The lowest BCUT2D eigenvalue weighted by molar-refractivity contribution is -0.118. The molecule has 1 heterocycles. The summed E-state index contributed by atoms with van der Waals surface area (Å²) in [7, 11) is 0. The molecule has 1 amide bonds. The largest absolute Gasteiger partial charge is 0.298 e. The van der Waals surface area contributed by atoms with E-state index in [1.807, 2.05) is 41.1 Å². The maximum atomic E-state index is 11.0. The van der Waals surface area contributed by atoms with Crippen LogP contribution < -0.4 is 3.53 Å². The SMILES string of the molecule is C=Cc1cccc(CC(=O)NI)n1. The summed E-state index contributed by atoms with van der Waals surface area (Å²) in [6.45, 7) is 3.61. The van der Waals surface area contributed by atoms with Crippen LogP contribution in [0.4, 0.5) is 0 Å². The van der Waals surface area contributed by atoms with Crippen molar-refractivity contribution in [2.45, 2.75) is 6.42 Å². The van der Waals surface area contributed by atoms with Gasteiger partial charge in [0.15, 0.2) is 0 Å². The summed E-state index contributed by atoms with van der Waals surface area (Å²) in [6, 6.07) is 5.52. The molecule has 1 aromatic rings. The third-order valence-corrected chi connectivity index (χ3v) is 2.09. The van der Waals surface area contributed by atoms with Gasteiger partial charge in [-0.2, -0.15) is 0 Å². The first kappa shape index (κ1) is 10.2. The fourth-order valence-corrected chi connectivity index (χ4v) is 1.10. The van der Waals surface area contributed by atoms with Crippen LogP contribution in [0, 0.1) is 0 Å². The highest BCUT2D eigenvalue weighted by Gasteiger charge is 2.02. The van der Waals surface area contributed by atoms with Crippen molar-refractivity contribution in [2.75, 3.05) is 0 Å². The second-order valence-corrected chi connectivity index (χ2v) is 2.99. The van der Waals surface area contributed by atoms with E-state index in [0.717, 1.165) is 11.4 Å². The number of hydrogen-bond donors (Lipinski definition) is 1. The molecule has 0 saturated carbocycles. The lowest BCUT2D eigenvalue weighted by atomic mass is 10.2. The van der Waals surface area contributed by atoms with Gasteiger partial charge in [-0.15, -0.1) is 0 Å². The molecule has 13 heavy (non-hydrogen) atoms. The van der Waals surface area contributed by atoms with E-state index in [2.05, 4.69) is 15.1 Å². The second-order valence-electron chi connectivity index (χ2n) is 2.45. The Hall–Kier alpha value is -0.910. The van der Waals surface area contributed by atoms with E-state index in [0.29, 0.717) is 6.42 Å². The van der Waals surface area contributed by atoms with E-state index in [-0.39, 0.29) is 5.91 Å². The molecule has 0 fully saturated rings. The molecule has 1 rings (SSSR count). The Morgan fingerprint density at radius 1 is 1.69 bits per heavy atom. The van der Waals surface area contributed by atoms with Crippen molar-refractivity contribution >= 4 is 34.8 Å². The molecular formula is C9H9IN2O. The standard InChI is InChI=1S/C9H9IN2O/c1-2-7-4-3-5-8(11-7)6-9(13)12-10/h2-5H,1,6H2,(H,12,13). The number of halogens is 1. The normalized spacial score (nSPS) is 9.31. The van der Waals surface area contributed by atoms with Crippen molar-refractivity contribution < 1.29 is 4.79 Å². The van der Waals surface area contributed by atoms with Gasteiger partial charge >= 0.3 is 0 Å². The van der Waals surface area contributed by atoms with Crippen molar-refractivity contribution in [1.82, 2.24) is 8.51 Å². The zero-order valence-electron chi connectivity index (χ0n) is 6.96. The second kappa shape index (κ2) is 4.96. The quantitative estimate of drug-likeness (QED) is 0.680. The van der Waals surface area contributed by atoms with Crippen molar-refractivity contribution in [2.24, 2.45) is 0 Å². The molecule has 68 valence electrons. The number of pyridine rings is 1. The average Bonchev–Trinajstić information content (AvgIpc) is 2.18. The Balaban J connectivity index is 2.77. The maximum absolute atomic E-state index is 11.0. The smallest absolute Gasteiger partial charge is 0.234 e. The third kappa shape index (κ3) is 3.14. The minimum absolute atomic E-state index is 0.0469. The molecule has 0 atom stereocenters. The molecule has 0 aliphatic rings. The summed E-state index contributed by atoms with van der Waals surface area (Å²) < 4.78 is 2.52. The van der Waals surface area contributed by atoms with Crippen LogP contribution in [0.25, 0.3) is 6.08 Å². The van der Waals surface area contributed by atoms with Gasteiger partial charge in [0.2, 0.25) is 5.91 Å². The molecule has 0 spiro atoms. The lowest BCUT2D eigenvalue weighted by Crippen LogP contribution is -2.15. The number of hydrogen-bond acceptors (Lipinski definition) is 2. The van der Waals surface area contributed by atoms with Gasteiger partial charge < -0.3 is 0 Å². The van der Waals surface area contributed by atoms with E-state index < -0.39 is 0 Å². The summed E-state index contributed by atoms with van der Waals surface area (Å²) in [6.07, 6.45) is 1.97. The highest BCUT2D eigenvalue weighted by molar-refractivity contribution is 14.1. The van der Waals surface area contributed by atoms with Gasteiger partial charge in [0.05, 0.1) is 40.7 Å². The van der Waals surface area contributed by atoms with Crippen LogP contribution >= 0.6 is 22.9 Å². The predicted octanol–water partition coefficient (Wildman–Crippen LogP) is 1.73. The van der Waals surface area contributed by atoms with Crippen LogP contribution in [-0.2, 0) is 11.2 Å². The van der Waals surface area contributed by atoms with Gasteiger partial charge in [-0.1, -0.05) is 12.6 Å². The summed E-state index contributed by atoms with van der Waals surface area (Å²) in [5, 5.41) is 0. The van der Waals surface area contributed by atoms with Crippen molar-refractivity contribution in [3.63, 3.8) is 0 Å². The van der Waals surface area contributed by atoms with Crippen LogP contribution in [0.2, 0.25) is 0 Å². The fourth-order valence-electron chi connectivity index (χ4n) is 0.908. The zero-order valence-corrected chi connectivity index (χ0v) is 9.11. The lowest BCUT2D eigenvalue weighted by Gasteiger charge is -1.99. The van der Waals surface area contributed by atoms with Gasteiger partial charge in [-0.3, -0.25) is 13.3 Å². The predicted molar refractivity (Wildman–Crippen MR) is 60.2 cm³/mol. The average molecular weight is 288 g/mol. The molecule has 1 N–H and O–H groups in total. The molecule has 3 nitrogen and oxygen atoms in total. The number of amides is 1. The number of nitrogens with one attached hydrogen (secondary N) is 1. The number of rotatable bonds is 3. The number of carbonyl (C=O) groups excluding carboxylic acids is 1. The summed E-state index contributed by atoms with van der Waals surface area (Å²) >= 11 is 1.81. The summed E-state index contributed by atoms with van der Waals surface area (Å²) in [4.78, 5) is 15.2. The third-order valence-electron chi connectivity index (χ3n) is 1.48. The molecule has 0 aliphatic heterocycles. The maximum Gasteiger partial charge on any atom is 0.234 e. The van der Waals surface area contributed by atoms with Gasteiger partial charge in [0.25, 0.3) is 0 Å². The fraction of sp³-hybridized carbons (Fsp3) is 0.111. The van der Waals surface area contributed by atoms with E-state index in [9.17, 15) is 4.79 Å². The Morgan fingerprint density at radius 2 is 2.46 bits per heavy atom. The van der Waals surface area contributed by atoms with Crippen molar-refractivity contribution in [3.8, 4) is 0 Å². The van der Waals surface area contributed by atoms with E-state index in [4.69, 9.17) is 0 Å². The van der Waals surface area contributed by atoms with Crippen molar-refractivity contribution in [1.29, 1.82) is 0 Å². The molecule has 0 unspecified atom stereocenters. The number of aromatic nitrogens is 1. The molecular weight excluding hydrogens is 279 g/mol. The molecule has 0 bridgehead atoms. The molecule has 0 aromatic carbocycles. The van der Waals surface area contributed by atoms with E-state index in [1.165, 1.54) is 0 Å².